The van der Waals surface area contributed by atoms with Crippen molar-refractivity contribution in [2.75, 3.05) is 4.90 Å². The molecule has 0 aliphatic carbocycles. The lowest BCUT2D eigenvalue weighted by Gasteiger charge is -2.21. The van der Waals surface area contributed by atoms with Crippen molar-refractivity contribution in [2.24, 2.45) is 4.99 Å². The lowest BCUT2D eigenvalue weighted by molar-refractivity contribution is 0.154. The number of hydrogen-bond donors (Lipinski definition) is 0. The Morgan fingerprint density at radius 3 is 2.82 bits per heavy atom. The molecule has 1 aromatic carbocycles. The standard InChI is InChI=1S/C12H9ClN2O2/c13-8-3-5-9(6-4-8)15-11-10(17-12(15)16)2-1-7-14-11/h1-7,10-11H/t10-,11-/m0/s1. The molecule has 4 nitrogen and oxygen atoms in total. The largest absolute Gasteiger partial charge is 0.437 e. The Labute approximate surface area is 103 Å². The van der Waals surface area contributed by atoms with E-state index in [1.165, 1.54) is 4.90 Å². The number of ether oxygens (including phenoxy) is 1. The van der Waals surface area contributed by atoms with Crippen LogP contribution in [0.2, 0.25) is 5.02 Å². The minimum absolute atomic E-state index is 0.303. The van der Waals surface area contributed by atoms with Crippen LogP contribution in [0.5, 0.6) is 0 Å². The van der Waals surface area contributed by atoms with Gasteiger partial charge in [-0.1, -0.05) is 11.6 Å². The van der Waals surface area contributed by atoms with E-state index in [1.54, 1.807) is 36.6 Å². The first kappa shape index (κ1) is 10.4. The topological polar surface area (TPSA) is 41.9 Å². The van der Waals surface area contributed by atoms with Crippen molar-refractivity contribution in [1.82, 2.24) is 0 Å². The molecular formula is C12H9ClN2O2. The molecule has 0 saturated carbocycles. The van der Waals surface area contributed by atoms with E-state index < -0.39 is 0 Å². The fraction of sp³-hybridized carbons (Fsp3) is 0.167. The summed E-state index contributed by atoms with van der Waals surface area (Å²) in [6.45, 7) is 0. The second-order valence-electron chi connectivity index (χ2n) is 3.79. The average Bonchev–Trinajstić information content (AvgIpc) is 2.66. The Bertz CT molecular complexity index is 510. The zero-order valence-corrected chi connectivity index (χ0v) is 9.54. The maximum absolute atomic E-state index is 11.8. The normalized spacial score (nSPS) is 25.9. The van der Waals surface area contributed by atoms with E-state index in [4.69, 9.17) is 16.3 Å². The molecule has 3 rings (SSSR count). The highest BCUT2D eigenvalue weighted by Gasteiger charge is 2.41. The van der Waals surface area contributed by atoms with E-state index in [1.807, 2.05) is 6.08 Å². The summed E-state index contributed by atoms with van der Waals surface area (Å²) >= 11 is 5.82. The molecule has 2 heterocycles. The van der Waals surface area contributed by atoms with Gasteiger partial charge in [-0.05, 0) is 36.4 Å². The highest BCUT2D eigenvalue weighted by atomic mass is 35.5. The number of fused-ring (bicyclic) bond motifs is 1. The van der Waals surface area contributed by atoms with Crippen LogP contribution < -0.4 is 4.90 Å². The molecule has 0 unspecified atom stereocenters. The summed E-state index contributed by atoms with van der Waals surface area (Å²) in [5, 5.41) is 0.630. The summed E-state index contributed by atoms with van der Waals surface area (Å²) in [6, 6.07) is 7.03. The van der Waals surface area contributed by atoms with Gasteiger partial charge in [0, 0.05) is 16.9 Å². The maximum Gasteiger partial charge on any atom is 0.416 e. The summed E-state index contributed by atoms with van der Waals surface area (Å²) in [7, 11) is 0. The van der Waals surface area contributed by atoms with E-state index >= 15 is 0 Å². The first-order valence-corrected chi connectivity index (χ1v) is 5.59. The zero-order chi connectivity index (χ0) is 11.8. The van der Waals surface area contributed by atoms with Gasteiger partial charge in [0.05, 0.1) is 0 Å². The molecule has 0 radical (unpaired) electrons. The summed E-state index contributed by atoms with van der Waals surface area (Å²) < 4.78 is 5.22. The molecule has 1 amide bonds. The Morgan fingerprint density at radius 1 is 1.29 bits per heavy atom. The van der Waals surface area contributed by atoms with Crippen LogP contribution in [0.1, 0.15) is 0 Å². The molecule has 0 aromatic heterocycles. The van der Waals surface area contributed by atoms with Crippen molar-refractivity contribution in [3.05, 3.63) is 41.4 Å². The summed E-state index contributed by atoms with van der Waals surface area (Å²) in [5.74, 6) is 0. The van der Waals surface area contributed by atoms with Gasteiger partial charge in [-0.25, -0.2) is 4.79 Å². The predicted molar refractivity (Wildman–Crippen MR) is 65.6 cm³/mol. The molecule has 0 spiro atoms. The number of allylic oxidation sites excluding steroid dienone is 1. The molecule has 1 aromatic rings. The van der Waals surface area contributed by atoms with E-state index in [0.717, 1.165) is 5.69 Å². The quantitative estimate of drug-likeness (QED) is 0.767. The highest BCUT2D eigenvalue weighted by Crippen LogP contribution is 2.30. The van der Waals surface area contributed by atoms with Gasteiger partial charge in [0.25, 0.3) is 0 Å². The van der Waals surface area contributed by atoms with Gasteiger partial charge >= 0.3 is 6.09 Å². The third kappa shape index (κ3) is 1.70. The number of benzene rings is 1. The van der Waals surface area contributed by atoms with E-state index in [0.29, 0.717) is 5.02 Å². The average molecular weight is 249 g/mol. The molecule has 1 fully saturated rings. The van der Waals surface area contributed by atoms with Gasteiger partial charge in [-0.3, -0.25) is 9.89 Å². The van der Waals surface area contributed by atoms with Crippen molar-refractivity contribution in [3.8, 4) is 0 Å². The van der Waals surface area contributed by atoms with Gasteiger partial charge in [-0.2, -0.15) is 0 Å². The van der Waals surface area contributed by atoms with Gasteiger partial charge in [-0.15, -0.1) is 0 Å². The van der Waals surface area contributed by atoms with Crippen molar-refractivity contribution >= 4 is 29.6 Å². The number of anilines is 1. The van der Waals surface area contributed by atoms with E-state index in [2.05, 4.69) is 4.99 Å². The molecule has 1 saturated heterocycles. The summed E-state index contributed by atoms with van der Waals surface area (Å²) in [6.07, 6.45) is 4.28. The number of carbonyl (C=O) groups excluding carboxylic acids is 1. The number of halogens is 1. The van der Waals surface area contributed by atoms with Crippen LogP contribution in [0.4, 0.5) is 10.5 Å². The number of rotatable bonds is 1. The Hall–Kier alpha value is -1.81. The number of hydrogen-bond acceptors (Lipinski definition) is 3. The third-order valence-electron chi connectivity index (χ3n) is 2.72. The van der Waals surface area contributed by atoms with Crippen LogP contribution in [0.3, 0.4) is 0 Å². The van der Waals surface area contributed by atoms with Gasteiger partial charge in [0.1, 0.15) is 0 Å². The van der Waals surface area contributed by atoms with Crippen LogP contribution in [-0.2, 0) is 4.74 Å². The lowest BCUT2D eigenvalue weighted by Crippen LogP contribution is -2.35. The minimum Gasteiger partial charge on any atom is -0.437 e. The molecule has 2 aliphatic heterocycles. The van der Waals surface area contributed by atoms with Gasteiger partial charge < -0.3 is 4.74 Å². The number of nitrogens with zero attached hydrogens (tertiary/aromatic N) is 2. The minimum atomic E-state index is -0.383. The third-order valence-corrected chi connectivity index (χ3v) is 2.97. The van der Waals surface area contributed by atoms with E-state index in [-0.39, 0.29) is 18.4 Å². The van der Waals surface area contributed by atoms with Crippen molar-refractivity contribution in [3.63, 3.8) is 0 Å². The van der Waals surface area contributed by atoms with Crippen LogP contribution in [-0.4, -0.2) is 24.6 Å². The number of carbonyl (C=O) groups is 1. The SMILES string of the molecule is O=C1O[C@H]2C=CC=N[C@H]2N1c1ccc(Cl)cc1. The molecule has 17 heavy (non-hydrogen) atoms. The Morgan fingerprint density at radius 2 is 2.06 bits per heavy atom. The van der Waals surface area contributed by atoms with Crippen LogP contribution in [0, 0.1) is 0 Å². The molecule has 0 bridgehead atoms. The Kier molecular flexibility index (Phi) is 2.37. The van der Waals surface area contributed by atoms with Crippen molar-refractivity contribution < 1.29 is 9.53 Å². The summed E-state index contributed by atoms with van der Waals surface area (Å²) in [5.41, 5.74) is 0.736. The van der Waals surface area contributed by atoms with Crippen LogP contribution in [0.15, 0.2) is 41.4 Å². The van der Waals surface area contributed by atoms with Crippen LogP contribution >= 0.6 is 11.6 Å². The molecule has 2 aliphatic rings. The smallest absolute Gasteiger partial charge is 0.416 e. The van der Waals surface area contributed by atoms with E-state index in [9.17, 15) is 4.79 Å². The molecule has 5 heteroatoms. The molecular weight excluding hydrogens is 240 g/mol. The first-order valence-electron chi connectivity index (χ1n) is 5.21. The van der Waals surface area contributed by atoms with Crippen LogP contribution in [0.25, 0.3) is 0 Å². The monoisotopic (exact) mass is 248 g/mol. The summed E-state index contributed by atoms with van der Waals surface area (Å²) in [4.78, 5) is 17.6. The molecule has 86 valence electrons. The second-order valence-corrected chi connectivity index (χ2v) is 4.23. The number of amides is 1. The fourth-order valence-corrected chi connectivity index (χ4v) is 2.06. The highest BCUT2D eigenvalue weighted by molar-refractivity contribution is 6.30. The second kappa shape index (κ2) is 3.89. The lowest BCUT2D eigenvalue weighted by atomic mass is 10.2. The van der Waals surface area contributed by atoms with Crippen molar-refractivity contribution in [2.45, 2.75) is 12.3 Å². The van der Waals surface area contributed by atoms with Crippen molar-refractivity contribution in [1.29, 1.82) is 0 Å². The maximum atomic E-state index is 11.8. The Balaban J connectivity index is 1.97. The number of aliphatic imine (C=N–C) groups is 1. The fourth-order valence-electron chi connectivity index (χ4n) is 1.94. The zero-order valence-electron chi connectivity index (χ0n) is 8.79. The number of dihydropyridines is 1. The molecule has 0 N–H and O–H groups in total. The van der Waals surface area contributed by atoms with Gasteiger partial charge in [0.15, 0.2) is 12.3 Å². The first-order chi connectivity index (χ1) is 8.25. The predicted octanol–water partition coefficient (Wildman–Crippen LogP) is 2.63. The van der Waals surface area contributed by atoms with Gasteiger partial charge in [0.2, 0.25) is 0 Å². The molecule has 2 atom stereocenters.